The van der Waals surface area contributed by atoms with Gasteiger partial charge in [-0.2, -0.15) is 0 Å². The van der Waals surface area contributed by atoms with Gasteiger partial charge in [0.25, 0.3) is 0 Å². The Labute approximate surface area is 119 Å². The number of rotatable bonds is 3. The van der Waals surface area contributed by atoms with Gasteiger partial charge in [-0.05, 0) is 57.1 Å². The average Bonchev–Trinajstić information content (AvgIpc) is 2.90. The number of carbonyl (C=O) groups is 1. The van der Waals surface area contributed by atoms with Crippen molar-refractivity contribution >= 4 is 22.5 Å². The molecular weight excluding hydrogens is 250 g/mol. The summed E-state index contributed by atoms with van der Waals surface area (Å²) in [6.07, 6.45) is 3.95. The third-order valence-electron chi connectivity index (χ3n) is 4.09. The molecule has 20 heavy (non-hydrogen) atoms. The zero-order valence-electron chi connectivity index (χ0n) is 11.9. The molecule has 106 valence electrons. The van der Waals surface area contributed by atoms with Crippen LogP contribution in [0.3, 0.4) is 0 Å². The van der Waals surface area contributed by atoms with E-state index in [0.29, 0.717) is 0 Å². The predicted molar refractivity (Wildman–Crippen MR) is 81.8 cm³/mol. The molecule has 4 nitrogen and oxygen atoms in total. The van der Waals surface area contributed by atoms with Crippen molar-refractivity contribution in [2.75, 3.05) is 18.4 Å². The van der Waals surface area contributed by atoms with Crippen LogP contribution in [0, 0.1) is 5.92 Å². The summed E-state index contributed by atoms with van der Waals surface area (Å²) < 4.78 is 2.20. The van der Waals surface area contributed by atoms with Crippen molar-refractivity contribution in [1.29, 1.82) is 0 Å². The summed E-state index contributed by atoms with van der Waals surface area (Å²) in [6, 6.07) is 8.23. The van der Waals surface area contributed by atoms with Crippen LogP contribution in [0.4, 0.5) is 5.69 Å². The monoisotopic (exact) mass is 271 g/mol. The van der Waals surface area contributed by atoms with Crippen molar-refractivity contribution in [3.8, 4) is 0 Å². The Morgan fingerprint density at radius 1 is 1.35 bits per heavy atom. The van der Waals surface area contributed by atoms with Crippen LogP contribution in [0.5, 0.6) is 0 Å². The fourth-order valence-electron chi connectivity index (χ4n) is 2.88. The van der Waals surface area contributed by atoms with E-state index >= 15 is 0 Å². The summed E-state index contributed by atoms with van der Waals surface area (Å²) in [4.78, 5) is 12.2. The Hall–Kier alpha value is -1.81. The highest BCUT2D eigenvalue weighted by atomic mass is 16.1. The van der Waals surface area contributed by atoms with E-state index in [1.54, 1.807) is 0 Å². The van der Waals surface area contributed by atoms with Crippen LogP contribution in [0.15, 0.2) is 30.5 Å². The number of amides is 1. The molecule has 1 aliphatic rings. The van der Waals surface area contributed by atoms with Gasteiger partial charge in [-0.3, -0.25) is 4.79 Å². The van der Waals surface area contributed by atoms with Crippen LogP contribution in [-0.2, 0) is 11.3 Å². The van der Waals surface area contributed by atoms with Crippen LogP contribution in [0.1, 0.15) is 19.8 Å². The van der Waals surface area contributed by atoms with E-state index in [0.717, 1.165) is 38.2 Å². The largest absolute Gasteiger partial charge is 0.348 e. The molecule has 2 aromatic rings. The Morgan fingerprint density at radius 2 is 2.15 bits per heavy atom. The lowest BCUT2D eigenvalue weighted by molar-refractivity contribution is -0.120. The minimum absolute atomic E-state index is 0.146. The highest BCUT2D eigenvalue weighted by Gasteiger charge is 2.20. The second-order valence-electron chi connectivity index (χ2n) is 5.39. The van der Waals surface area contributed by atoms with Gasteiger partial charge in [0.1, 0.15) is 0 Å². The maximum absolute atomic E-state index is 12.2. The van der Waals surface area contributed by atoms with E-state index in [4.69, 9.17) is 0 Å². The van der Waals surface area contributed by atoms with Gasteiger partial charge in [-0.15, -0.1) is 0 Å². The third-order valence-corrected chi connectivity index (χ3v) is 4.09. The van der Waals surface area contributed by atoms with Gasteiger partial charge in [0.15, 0.2) is 0 Å². The van der Waals surface area contributed by atoms with E-state index in [-0.39, 0.29) is 11.8 Å². The zero-order valence-corrected chi connectivity index (χ0v) is 11.9. The van der Waals surface area contributed by atoms with E-state index in [1.807, 2.05) is 6.07 Å². The second kappa shape index (κ2) is 5.67. The first-order chi connectivity index (χ1) is 9.78. The number of piperidine rings is 1. The number of anilines is 1. The van der Waals surface area contributed by atoms with Crippen molar-refractivity contribution in [3.63, 3.8) is 0 Å². The number of aryl methyl sites for hydroxylation is 1. The Kier molecular flexibility index (Phi) is 3.74. The maximum Gasteiger partial charge on any atom is 0.227 e. The molecule has 1 fully saturated rings. The predicted octanol–water partition coefficient (Wildman–Crippen LogP) is 2.60. The van der Waals surface area contributed by atoms with Crippen LogP contribution in [0.25, 0.3) is 10.9 Å². The fourth-order valence-corrected chi connectivity index (χ4v) is 2.88. The summed E-state index contributed by atoms with van der Waals surface area (Å²) in [5.41, 5.74) is 2.11. The lowest BCUT2D eigenvalue weighted by atomic mass is 9.97. The number of carbonyl (C=O) groups excluding carboxylic acids is 1. The number of aromatic nitrogens is 1. The van der Waals surface area contributed by atoms with Crippen LogP contribution < -0.4 is 10.6 Å². The number of fused-ring (bicyclic) bond motifs is 1. The summed E-state index contributed by atoms with van der Waals surface area (Å²) in [5.74, 6) is 0.299. The topological polar surface area (TPSA) is 46.1 Å². The Balaban J connectivity index is 1.75. The number of hydrogen-bond acceptors (Lipinski definition) is 2. The van der Waals surface area contributed by atoms with Gasteiger partial charge < -0.3 is 15.2 Å². The lowest BCUT2D eigenvalue weighted by Gasteiger charge is -2.21. The summed E-state index contributed by atoms with van der Waals surface area (Å²) in [6.45, 7) is 4.98. The van der Waals surface area contributed by atoms with E-state index in [2.05, 4.69) is 46.5 Å². The van der Waals surface area contributed by atoms with Crippen LogP contribution >= 0.6 is 0 Å². The molecule has 0 saturated carbocycles. The van der Waals surface area contributed by atoms with Gasteiger partial charge in [-0.25, -0.2) is 0 Å². The van der Waals surface area contributed by atoms with Gasteiger partial charge in [0, 0.05) is 35.2 Å². The van der Waals surface area contributed by atoms with Crippen molar-refractivity contribution in [2.24, 2.45) is 5.92 Å². The number of nitrogens with zero attached hydrogens (tertiary/aromatic N) is 1. The smallest absolute Gasteiger partial charge is 0.227 e. The van der Waals surface area contributed by atoms with Crippen molar-refractivity contribution in [3.05, 3.63) is 30.5 Å². The molecule has 2 heterocycles. The van der Waals surface area contributed by atoms with Crippen molar-refractivity contribution < 1.29 is 4.79 Å². The lowest BCUT2D eigenvalue weighted by Crippen LogP contribution is -2.34. The van der Waals surface area contributed by atoms with Gasteiger partial charge in [0.2, 0.25) is 5.91 Å². The van der Waals surface area contributed by atoms with Crippen LogP contribution in [0.2, 0.25) is 0 Å². The summed E-state index contributed by atoms with van der Waals surface area (Å²) in [5, 5.41) is 7.52. The highest BCUT2D eigenvalue weighted by Crippen LogP contribution is 2.22. The SMILES string of the molecule is CCn1ccc2cc(NC(=O)C3CCNCC3)ccc21. The molecule has 2 N–H and O–H groups in total. The van der Waals surface area contributed by atoms with Crippen molar-refractivity contribution in [2.45, 2.75) is 26.3 Å². The molecule has 3 rings (SSSR count). The van der Waals surface area contributed by atoms with Crippen LogP contribution in [-0.4, -0.2) is 23.6 Å². The molecule has 1 aromatic heterocycles. The molecule has 1 amide bonds. The summed E-state index contributed by atoms with van der Waals surface area (Å²) >= 11 is 0. The Morgan fingerprint density at radius 3 is 2.90 bits per heavy atom. The van der Waals surface area contributed by atoms with E-state index in [9.17, 15) is 4.79 Å². The molecule has 1 aliphatic heterocycles. The molecule has 1 aromatic carbocycles. The average molecular weight is 271 g/mol. The molecule has 0 atom stereocenters. The Bertz CT molecular complexity index is 611. The van der Waals surface area contributed by atoms with Gasteiger partial charge >= 0.3 is 0 Å². The summed E-state index contributed by atoms with van der Waals surface area (Å²) in [7, 11) is 0. The fraction of sp³-hybridized carbons (Fsp3) is 0.438. The first-order valence-corrected chi connectivity index (χ1v) is 7.38. The molecule has 4 heteroatoms. The number of nitrogens with one attached hydrogen (secondary N) is 2. The molecule has 0 bridgehead atoms. The zero-order chi connectivity index (χ0) is 13.9. The molecule has 1 saturated heterocycles. The van der Waals surface area contributed by atoms with Gasteiger partial charge in [0.05, 0.1) is 0 Å². The first-order valence-electron chi connectivity index (χ1n) is 7.38. The molecular formula is C16H21N3O. The normalized spacial score (nSPS) is 16.4. The number of hydrogen-bond donors (Lipinski definition) is 2. The molecule has 0 spiro atoms. The molecule has 0 aliphatic carbocycles. The number of benzene rings is 1. The van der Waals surface area contributed by atoms with E-state index < -0.39 is 0 Å². The van der Waals surface area contributed by atoms with Gasteiger partial charge in [-0.1, -0.05) is 0 Å². The quantitative estimate of drug-likeness (QED) is 0.901. The highest BCUT2D eigenvalue weighted by molar-refractivity contribution is 5.95. The minimum atomic E-state index is 0.146. The second-order valence-corrected chi connectivity index (χ2v) is 5.39. The molecule has 0 radical (unpaired) electrons. The maximum atomic E-state index is 12.2. The van der Waals surface area contributed by atoms with E-state index in [1.165, 1.54) is 10.9 Å². The standard InChI is InChI=1S/C16H21N3O/c1-2-19-10-7-13-11-14(3-4-15(13)19)18-16(20)12-5-8-17-9-6-12/h3-4,7,10-12,17H,2,5-6,8-9H2,1H3,(H,18,20). The molecule has 0 unspecified atom stereocenters. The van der Waals surface area contributed by atoms with Crippen molar-refractivity contribution in [1.82, 2.24) is 9.88 Å². The minimum Gasteiger partial charge on any atom is -0.348 e. The first kappa shape index (κ1) is 13.2. The third kappa shape index (κ3) is 2.56.